The van der Waals surface area contributed by atoms with Crippen LogP contribution in [-0.2, 0) is 12.0 Å². The van der Waals surface area contributed by atoms with Crippen molar-refractivity contribution in [1.29, 1.82) is 0 Å². The van der Waals surface area contributed by atoms with Crippen LogP contribution in [-0.4, -0.2) is 5.11 Å². The topological polar surface area (TPSA) is 20.2 Å². The van der Waals surface area contributed by atoms with E-state index in [1.165, 1.54) is 6.07 Å². The van der Waals surface area contributed by atoms with Crippen molar-refractivity contribution in [2.24, 2.45) is 0 Å². The van der Waals surface area contributed by atoms with Crippen molar-refractivity contribution in [1.82, 2.24) is 0 Å². The Bertz CT molecular complexity index is 569. The van der Waals surface area contributed by atoms with Crippen molar-refractivity contribution >= 4 is 0 Å². The maximum atomic E-state index is 14.3. The molecule has 2 heteroatoms. The molecule has 0 amide bonds. The molecule has 0 radical (unpaired) electrons. The third-order valence-electron chi connectivity index (χ3n) is 3.82. The highest BCUT2D eigenvalue weighted by atomic mass is 19.1. The highest BCUT2D eigenvalue weighted by Gasteiger charge is 2.32. The smallest absolute Gasteiger partial charge is 0.129 e. The fourth-order valence-electron chi connectivity index (χ4n) is 2.83. The van der Waals surface area contributed by atoms with Crippen molar-refractivity contribution in [2.45, 2.75) is 39.2 Å². The summed E-state index contributed by atoms with van der Waals surface area (Å²) in [6.45, 7) is 5.61. The van der Waals surface area contributed by atoms with Crippen LogP contribution in [0.1, 0.15) is 35.6 Å². The minimum absolute atomic E-state index is 0.317. The van der Waals surface area contributed by atoms with Gasteiger partial charge in [-0.05, 0) is 43.0 Å². The average Bonchev–Trinajstić information content (AvgIpc) is 2.38. The minimum atomic E-state index is -1.16. The van der Waals surface area contributed by atoms with E-state index in [4.69, 9.17) is 0 Å². The summed E-state index contributed by atoms with van der Waals surface area (Å²) in [5, 5.41) is 11.0. The summed E-state index contributed by atoms with van der Waals surface area (Å²) in [7, 11) is 0. The van der Waals surface area contributed by atoms with Crippen LogP contribution in [0.15, 0.2) is 42.5 Å². The third kappa shape index (κ3) is 2.91. The van der Waals surface area contributed by atoms with Crippen LogP contribution < -0.4 is 0 Å². The van der Waals surface area contributed by atoms with Gasteiger partial charge in [0.1, 0.15) is 5.82 Å². The lowest BCUT2D eigenvalue weighted by Crippen LogP contribution is -2.30. The molecule has 0 aliphatic carbocycles. The maximum absolute atomic E-state index is 14.3. The van der Waals surface area contributed by atoms with Gasteiger partial charge in [-0.1, -0.05) is 43.3 Å². The Labute approximate surface area is 120 Å². The predicted octanol–water partition coefficient (Wildman–Crippen LogP) is 4.28. The van der Waals surface area contributed by atoms with Gasteiger partial charge in [0.05, 0.1) is 5.60 Å². The van der Waals surface area contributed by atoms with E-state index in [1.807, 2.05) is 57.2 Å². The first-order valence-corrected chi connectivity index (χ1v) is 7.00. The number of hydrogen-bond donors (Lipinski definition) is 1. The summed E-state index contributed by atoms with van der Waals surface area (Å²) < 4.78 is 14.3. The average molecular weight is 272 g/mol. The normalized spacial score (nSPS) is 14.1. The summed E-state index contributed by atoms with van der Waals surface area (Å²) in [5.74, 6) is -0.317. The molecule has 1 N–H and O–H groups in total. The van der Waals surface area contributed by atoms with Gasteiger partial charge in [0.15, 0.2) is 0 Å². The summed E-state index contributed by atoms with van der Waals surface area (Å²) in [6, 6.07) is 13.1. The Morgan fingerprint density at radius 1 is 1.10 bits per heavy atom. The van der Waals surface area contributed by atoms with Gasteiger partial charge in [0, 0.05) is 12.0 Å². The monoisotopic (exact) mass is 272 g/mol. The molecular formula is C18H21FO. The number of aryl methyl sites for hydroxylation is 2. The van der Waals surface area contributed by atoms with E-state index in [-0.39, 0.29) is 5.82 Å². The van der Waals surface area contributed by atoms with E-state index >= 15 is 0 Å². The second-order valence-corrected chi connectivity index (χ2v) is 5.49. The third-order valence-corrected chi connectivity index (χ3v) is 3.82. The first-order valence-electron chi connectivity index (χ1n) is 7.00. The van der Waals surface area contributed by atoms with Gasteiger partial charge in [-0.25, -0.2) is 4.39 Å². The first-order chi connectivity index (χ1) is 9.46. The van der Waals surface area contributed by atoms with E-state index in [0.717, 1.165) is 16.7 Å². The standard InChI is InChI=1S/C18H21FO/c1-4-18(20,12-15-8-6-5-7-9-15)17-14(3)10-13(2)11-16(17)19/h5-11,20H,4,12H2,1-3H3. The molecule has 0 heterocycles. The van der Waals surface area contributed by atoms with Gasteiger partial charge in [0.25, 0.3) is 0 Å². The van der Waals surface area contributed by atoms with Gasteiger partial charge in [-0.15, -0.1) is 0 Å². The molecule has 2 aromatic rings. The van der Waals surface area contributed by atoms with Crippen molar-refractivity contribution in [3.05, 3.63) is 70.5 Å². The lowest BCUT2D eigenvalue weighted by atomic mass is 9.82. The lowest BCUT2D eigenvalue weighted by Gasteiger charge is -2.30. The Balaban J connectivity index is 2.46. The molecule has 106 valence electrons. The van der Waals surface area contributed by atoms with Gasteiger partial charge >= 0.3 is 0 Å². The lowest BCUT2D eigenvalue weighted by molar-refractivity contribution is 0.0285. The van der Waals surface area contributed by atoms with Crippen LogP contribution in [0.25, 0.3) is 0 Å². The maximum Gasteiger partial charge on any atom is 0.129 e. The van der Waals surface area contributed by atoms with Crippen molar-refractivity contribution in [2.75, 3.05) is 0 Å². The summed E-state index contributed by atoms with van der Waals surface area (Å²) in [6.07, 6.45) is 0.897. The molecular weight excluding hydrogens is 251 g/mol. The van der Waals surface area contributed by atoms with E-state index in [1.54, 1.807) is 0 Å². The Hall–Kier alpha value is -1.67. The van der Waals surface area contributed by atoms with Crippen LogP contribution in [0.2, 0.25) is 0 Å². The Morgan fingerprint density at radius 3 is 2.30 bits per heavy atom. The number of benzene rings is 2. The molecule has 0 aliphatic heterocycles. The van der Waals surface area contributed by atoms with Crippen LogP contribution >= 0.6 is 0 Å². The zero-order chi connectivity index (χ0) is 14.8. The number of hydrogen-bond acceptors (Lipinski definition) is 1. The first kappa shape index (κ1) is 14.7. The second-order valence-electron chi connectivity index (χ2n) is 5.49. The van der Waals surface area contributed by atoms with Crippen molar-refractivity contribution in [3.63, 3.8) is 0 Å². The highest BCUT2D eigenvalue weighted by Crippen LogP contribution is 2.34. The molecule has 1 atom stereocenters. The van der Waals surface area contributed by atoms with Crippen LogP contribution in [0.3, 0.4) is 0 Å². The molecule has 1 nitrogen and oxygen atoms in total. The van der Waals surface area contributed by atoms with Gasteiger partial charge in [-0.3, -0.25) is 0 Å². The Morgan fingerprint density at radius 2 is 1.75 bits per heavy atom. The SMILES string of the molecule is CCC(O)(Cc1ccccc1)c1c(C)cc(C)cc1F. The van der Waals surface area contributed by atoms with Crippen molar-refractivity contribution < 1.29 is 9.50 Å². The number of rotatable bonds is 4. The van der Waals surface area contributed by atoms with E-state index in [0.29, 0.717) is 18.4 Å². The van der Waals surface area contributed by atoms with Crippen LogP contribution in [0.4, 0.5) is 4.39 Å². The molecule has 0 fully saturated rings. The van der Waals surface area contributed by atoms with E-state index in [2.05, 4.69) is 0 Å². The molecule has 1 unspecified atom stereocenters. The van der Waals surface area contributed by atoms with Crippen molar-refractivity contribution in [3.8, 4) is 0 Å². The Kier molecular flexibility index (Phi) is 4.24. The summed E-state index contributed by atoms with van der Waals surface area (Å²) in [4.78, 5) is 0. The summed E-state index contributed by atoms with van der Waals surface area (Å²) >= 11 is 0. The molecule has 0 saturated heterocycles. The molecule has 0 aromatic heterocycles. The molecule has 0 saturated carbocycles. The molecule has 2 aromatic carbocycles. The second kappa shape index (κ2) is 5.76. The predicted molar refractivity (Wildman–Crippen MR) is 80.2 cm³/mol. The zero-order valence-electron chi connectivity index (χ0n) is 12.3. The minimum Gasteiger partial charge on any atom is -0.385 e. The fourth-order valence-corrected chi connectivity index (χ4v) is 2.83. The van der Waals surface area contributed by atoms with Gasteiger partial charge in [0.2, 0.25) is 0 Å². The van der Waals surface area contributed by atoms with Gasteiger partial charge < -0.3 is 5.11 Å². The quantitative estimate of drug-likeness (QED) is 0.880. The van der Waals surface area contributed by atoms with Crippen LogP contribution in [0.5, 0.6) is 0 Å². The summed E-state index contributed by atoms with van der Waals surface area (Å²) in [5.41, 5.74) is 1.96. The highest BCUT2D eigenvalue weighted by molar-refractivity contribution is 5.37. The molecule has 0 spiro atoms. The zero-order valence-corrected chi connectivity index (χ0v) is 12.3. The molecule has 0 aliphatic rings. The van der Waals surface area contributed by atoms with E-state index in [9.17, 15) is 9.50 Å². The number of aliphatic hydroxyl groups is 1. The molecule has 0 bridgehead atoms. The largest absolute Gasteiger partial charge is 0.385 e. The van der Waals surface area contributed by atoms with Crippen LogP contribution in [0, 0.1) is 19.7 Å². The van der Waals surface area contributed by atoms with E-state index < -0.39 is 5.60 Å². The fraction of sp³-hybridized carbons (Fsp3) is 0.333. The molecule has 20 heavy (non-hydrogen) atoms. The molecule has 2 rings (SSSR count). The number of halogens is 1. The van der Waals surface area contributed by atoms with Gasteiger partial charge in [-0.2, -0.15) is 0 Å².